The van der Waals surface area contributed by atoms with Crippen LogP contribution in [0.25, 0.3) is 11.1 Å². The minimum absolute atomic E-state index is 0.0784. The number of hydrogen-bond acceptors (Lipinski definition) is 5. The van der Waals surface area contributed by atoms with Gasteiger partial charge in [-0.3, -0.25) is 4.98 Å². The lowest BCUT2D eigenvalue weighted by Gasteiger charge is -2.20. The Kier molecular flexibility index (Phi) is 6.84. The standard InChI is InChI=1S/C32H37NO4/c1-19-11-25(37-18-32(4,5)35)12-20(2)30(19)28-8-6-7-26-23(9-10-27(26)28)14-22-15-29-31(33-16-22)24(17-36-29)13-21(3)34/h6-8,11-12,15-16,23-24,35H,9-10,13-14,17-18H2,1-5H3/t23-,24?/m0/s1. The van der Waals surface area contributed by atoms with Gasteiger partial charge in [0.25, 0.3) is 0 Å². The molecule has 0 spiro atoms. The summed E-state index contributed by atoms with van der Waals surface area (Å²) in [4.78, 5) is 16.3. The molecule has 0 saturated carbocycles. The van der Waals surface area contributed by atoms with Gasteiger partial charge in [0, 0.05) is 18.5 Å². The molecule has 2 aliphatic rings. The van der Waals surface area contributed by atoms with Crippen LogP contribution in [-0.4, -0.2) is 34.7 Å². The van der Waals surface area contributed by atoms with Gasteiger partial charge < -0.3 is 19.4 Å². The summed E-state index contributed by atoms with van der Waals surface area (Å²) >= 11 is 0. The second-order valence-corrected chi connectivity index (χ2v) is 11.5. The normalized spacial score (nSPS) is 18.3. The number of aromatic nitrogens is 1. The van der Waals surface area contributed by atoms with Crippen LogP contribution in [-0.2, 0) is 17.6 Å². The lowest BCUT2D eigenvalue weighted by atomic mass is 9.88. The Morgan fingerprint density at radius 1 is 1.16 bits per heavy atom. The average molecular weight is 500 g/mol. The molecule has 0 bridgehead atoms. The first-order valence-corrected chi connectivity index (χ1v) is 13.3. The zero-order valence-electron chi connectivity index (χ0n) is 22.6. The summed E-state index contributed by atoms with van der Waals surface area (Å²) < 4.78 is 11.8. The summed E-state index contributed by atoms with van der Waals surface area (Å²) in [5.74, 6) is 2.33. The molecule has 1 N–H and O–H groups in total. The number of ether oxygens (including phenoxy) is 2. The zero-order chi connectivity index (χ0) is 26.3. The van der Waals surface area contributed by atoms with E-state index in [-0.39, 0.29) is 18.3 Å². The second-order valence-electron chi connectivity index (χ2n) is 11.5. The summed E-state index contributed by atoms with van der Waals surface area (Å²) in [5, 5.41) is 10.0. The van der Waals surface area contributed by atoms with Gasteiger partial charge in [0.2, 0.25) is 0 Å². The number of rotatable bonds is 8. The van der Waals surface area contributed by atoms with Gasteiger partial charge in [-0.05, 0) is 117 Å². The highest BCUT2D eigenvalue weighted by atomic mass is 16.5. The molecule has 0 saturated heterocycles. The van der Waals surface area contributed by atoms with Crippen molar-refractivity contribution in [2.24, 2.45) is 0 Å². The Morgan fingerprint density at radius 2 is 1.92 bits per heavy atom. The predicted molar refractivity (Wildman–Crippen MR) is 146 cm³/mol. The van der Waals surface area contributed by atoms with Gasteiger partial charge in [-0.25, -0.2) is 0 Å². The highest BCUT2D eigenvalue weighted by Gasteiger charge is 2.29. The molecule has 1 aromatic heterocycles. The van der Waals surface area contributed by atoms with E-state index in [0.29, 0.717) is 18.9 Å². The molecule has 5 heteroatoms. The predicted octanol–water partition coefficient (Wildman–Crippen LogP) is 6.24. The fourth-order valence-corrected chi connectivity index (χ4v) is 5.96. The number of hydrogen-bond donors (Lipinski definition) is 1. The number of benzene rings is 2. The van der Waals surface area contributed by atoms with E-state index in [9.17, 15) is 9.90 Å². The van der Waals surface area contributed by atoms with Crippen LogP contribution >= 0.6 is 0 Å². The summed E-state index contributed by atoms with van der Waals surface area (Å²) in [7, 11) is 0. The molecule has 0 radical (unpaired) electrons. The monoisotopic (exact) mass is 499 g/mol. The third-order valence-electron chi connectivity index (χ3n) is 7.54. The quantitative estimate of drug-likeness (QED) is 0.397. The molecule has 3 aromatic rings. The SMILES string of the molecule is CC(=O)CC1COc2cc(C[C@@H]3CCc4c(-c5c(C)cc(OCC(C)(C)O)cc5C)cccc43)cnc21. The highest BCUT2D eigenvalue weighted by molar-refractivity contribution is 5.77. The number of carbonyl (C=O) groups is 1. The molecule has 1 aliphatic carbocycles. The number of aliphatic hydroxyl groups is 1. The van der Waals surface area contributed by atoms with E-state index in [4.69, 9.17) is 14.5 Å². The summed E-state index contributed by atoms with van der Waals surface area (Å²) in [5.41, 5.74) is 9.06. The molecule has 1 unspecified atom stereocenters. The molecule has 2 atom stereocenters. The van der Waals surface area contributed by atoms with Crippen molar-refractivity contribution in [2.45, 2.75) is 77.7 Å². The number of carbonyl (C=O) groups excluding carboxylic acids is 1. The molecular formula is C32H37NO4. The van der Waals surface area contributed by atoms with Gasteiger partial charge in [0.15, 0.2) is 0 Å². The van der Waals surface area contributed by atoms with Crippen LogP contribution in [0.4, 0.5) is 0 Å². The van der Waals surface area contributed by atoms with Crippen molar-refractivity contribution in [1.82, 2.24) is 4.98 Å². The third-order valence-corrected chi connectivity index (χ3v) is 7.54. The van der Waals surface area contributed by atoms with Crippen molar-refractivity contribution in [3.05, 3.63) is 76.1 Å². The van der Waals surface area contributed by atoms with Crippen molar-refractivity contribution in [3.8, 4) is 22.6 Å². The molecule has 5 nitrogen and oxygen atoms in total. The zero-order valence-corrected chi connectivity index (χ0v) is 22.6. The van der Waals surface area contributed by atoms with Crippen LogP contribution in [0.1, 0.15) is 79.0 Å². The van der Waals surface area contributed by atoms with E-state index in [1.165, 1.54) is 38.9 Å². The third kappa shape index (κ3) is 5.42. The Hall–Kier alpha value is -3.18. The molecule has 37 heavy (non-hydrogen) atoms. The van der Waals surface area contributed by atoms with Crippen molar-refractivity contribution < 1.29 is 19.4 Å². The first kappa shape index (κ1) is 25.5. The first-order valence-electron chi connectivity index (χ1n) is 13.3. The lowest BCUT2D eigenvalue weighted by Crippen LogP contribution is -2.27. The molecule has 0 fully saturated rings. The minimum atomic E-state index is -0.869. The van der Waals surface area contributed by atoms with Crippen molar-refractivity contribution in [2.75, 3.05) is 13.2 Å². The van der Waals surface area contributed by atoms with Crippen molar-refractivity contribution in [3.63, 3.8) is 0 Å². The van der Waals surface area contributed by atoms with E-state index in [1.807, 2.05) is 6.20 Å². The van der Waals surface area contributed by atoms with E-state index >= 15 is 0 Å². The summed E-state index contributed by atoms with van der Waals surface area (Å²) in [6.07, 6.45) is 5.56. The number of Topliss-reactive ketones (excluding diaryl/α,β-unsaturated/α-hetero) is 1. The average Bonchev–Trinajstić information content (AvgIpc) is 3.41. The molecule has 5 rings (SSSR count). The van der Waals surface area contributed by atoms with Crippen molar-refractivity contribution in [1.29, 1.82) is 0 Å². The van der Waals surface area contributed by atoms with Gasteiger partial charge in [-0.15, -0.1) is 0 Å². The number of fused-ring (bicyclic) bond motifs is 2. The largest absolute Gasteiger partial charge is 0.491 e. The van der Waals surface area contributed by atoms with E-state index in [2.05, 4.69) is 50.2 Å². The fraction of sp³-hybridized carbons (Fsp3) is 0.438. The first-order chi connectivity index (χ1) is 17.6. The molecule has 0 amide bonds. The van der Waals surface area contributed by atoms with Crippen LogP contribution in [0.5, 0.6) is 11.5 Å². The fourth-order valence-electron chi connectivity index (χ4n) is 5.96. The van der Waals surface area contributed by atoms with Crippen LogP contribution in [0.2, 0.25) is 0 Å². The minimum Gasteiger partial charge on any atom is -0.491 e. The van der Waals surface area contributed by atoms with Gasteiger partial charge >= 0.3 is 0 Å². The number of nitrogens with zero attached hydrogens (tertiary/aromatic N) is 1. The second kappa shape index (κ2) is 9.94. The molecule has 2 heterocycles. The topological polar surface area (TPSA) is 68.7 Å². The summed E-state index contributed by atoms with van der Waals surface area (Å²) in [6.45, 7) is 10.2. The Balaban J connectivity index is 1.38. The maximum atomic E-state index is 11.6. The molecule has 2 aromatic carbocycles. The summed E-state index contributed by atoms with van der Waals surface area (Å²) in [6, 6.07) is 13.0. The van der Waals surface area contributed by atoms with Crippen molar-refractivity contribution >= 4 is 5.78 Å². The molecule has 1 aliphatic heterocycles. The number of pyridine rings is 1. The number of aryl methyl sites for hydroxylation is 2. The molecular weight excluding hydrogens is 462 g/mol. The highest BCUT2D eigenvalue weighted by Crippen LogP contribution is 2.43. The molecule has 194 valence electrons. The maximum absolute atomic E-state index is 11.6. The van der Waals surface area contributed by atoms with E-state index < -0.39 is 5.60 Å². The Labute approximate surface area is 219 Å². The van der Waals surface area contributed by atoms with Crippen LogP contribution in [0.15, 0.2) is 42.6 Å². The Morgan fingerprint density at radius 3 is 2.62 bits per heavy atom. The smallest absolute Gasteiger partial charge is 0.141 e. The van der Waals surface area contributed by atoms with Gasteiger partial charge in [0.05, 0.1) is 17.9 Å². The van der Waals surface area contributed by atoms with Crippen LogP contribution in [0.3, 0.4) is 0 Å². The Bertz CT molecular complexity index is 1310. The van der Waals surface area contributed by atoms with Crippen LogP contribution < -0.4 is 9.47 Å². The number of ketones is 1. The lowest BCUT2D eigenvalue weighted by molar-refractivity contribution is -0.117. The maximum Gasteiger partial charge on any atom is 0.141 e. The van der Waals surface area contributed by atoms with Gasteiger partial charge in [-0.1, -0.05) is 18.2 Å². The van der Waals surface area contributed by atoms with Gasteiger partial charge in [0.1, 0.15) is 23.9 Å². The van der Waals surface area contributed by atoms with Crippen LogP contribution in [0, 0.1) is 13.8 Å². The van der Waals surface area contributed by atoms with E-state index in [1.54, 1.807) is 20.8 Å². The van der Waals surface area contributed by atoms with Gasteiger partial charge in [-0.2, -0.15) is 0 Å². The van der Waals surface area contributed by atoms with E-state index in [0.717, 1.165) is 36.5 Å².